The molecule has 1 fully saturated rings. The summed E-state index contributed by atoms with van der Waals surface area (Å²) in [5.74, 6) is -0.101. The van der Waals surface area contributed by atoms with Crippen LogP contribution in [0.3, 0.4) is 0 Å². The first-order valence-corrected chi connectivity index (χ1v) is 8.74. The molecule has 2 amide bonds. The topological polar surface area (TPSA) is 88.4 Å². The van der Waals surface area contributed by atoms with Gasteiger partial charge in [0, 0.05) is 24.6 Å². The lowest BCUT2D eigenvalue weighted by molar-refractivity contribution is -0.114. The van der Waals surface area contributed by atoms with E-state index in [-0.39, 0.29) is 11.3 Å². The minimum absolute atomic E-state index is 0.0309. The fraction of sp³-hybridized carbons (Fsp3) is 0.263. The Morgan fingerprint density at radius 2 is 1.96 bits per heavy atom. The second-order valence-electron chi connectivity index (χ2n) is 6.66. The van der Waals surface area contributed by atoms with Crippen LogP contribution in [0.2, 0.25) is 0 Å². The van der Waals surface area contributed by atoms with E-state index < -0.39 is 17.6 Å². The third kappa shape index (κ3) is 3.38. The third-order valence-electron chi connectivity index (χ3n) is 4.70. The number of rotatable bonds is 4. The molecule has 0 bridgehead atoms. The number of anilines is 2. The van der Waals surface area contributed by atoms with Gasteiger partial charge in [-0.25, -0.2) is 4.39 Å². The highest BCUT2D eigenvalue weighted by molar-refractivity contribution is 6.05. The van der Waals surface area contributed by atoms with Crippen molar-refractivity contribution in [3.63, 3.8) is 0 Å². The average molecular weight is 367 g/mol. The van der Waals surface area contributed by atoms with E-state index in [2.05, 4.69) is 20.8 Å². The van der Waals surface area contributed by atoms with Crippen LogP contribution in [-0.4, -0.2) is 26.4 Å². The minimum Gasteiger partial charge on any atom is -0.324 e. The van der Waals surface area contributed by atoms with E-state index >= 15 is 0 Å². The maximum Gasteiger partial charge on any atom is 0.255 e. The van der Waals surface area contributed by atoms with Crippen molar-refractivity contribution in [3.05, 3.63) is 53.7 Å². The van der Waals surface area contributed by atoms with Gasteiger partial charge in [0.25, 0.3) is 5.91 Å². The summed E-state index contributed by atoms with van der Waals surface area (Å²) in [6.45, 7) is 1.28. The highest BCUT2D eigenvalue weighted by Gasteiger charge is 2.24. The van der Waals surface area contributed by atoms with Crippen molar-refractivity contribution < 1.29 is 14.0 Å². The second kappa shape index (κ2) is 6.79. The minimum atomic E-state index is -0.599. The van der Waals surface area contributed by atoms with Gasteiger partial charge in [-0.2, -0.15) is 0 Å². The Morgan fingerprint density at radius 1 is 1.15 bits per heavy atom. The summed E-state index contributed by atoms with van der Waals surface area (Å²) in [6, 6.07) is 7.36. The van der Waals surface area contributed by atoms with Crippen LogP contribution in [0.1, 0.15) is 48.3 Å². The number of carbonyl (C=O) groups is 2. The number of pyridine rings is 1. The highest BCUT2D eigenvalue weighted by atomic mass is 19.1. The summed E-state index contributed by atoms with van der Waals surface area (Å²) >= 11 is 0. The lowest BCUT2D eigenvalue weighted by Crippen LogP contribution is -2.15. The molecule has 1 aliphatic carbocycles. The largest absolute Gasteiger partial charge is 0.324 e. The van der Waals surface area contributed by atoms with E-state index in [0.717, 1.165) is 30.4 Å². The van der Waals surface area contributed by atoms with Crippen molar-refractivity contribution in [2.45, 2.75) is 32.1 Å². The Labute approximate surface area is 154 Å². The maximum absolute atomic E-state index is 13.8. The summed E-state index contributed by atoms with van der Waals surface area (Å²) in [6.07, 6.45) is 5.17. The number of benzene rings is 1. The van der Waals surface area contributed by atoms with Gasteiger partial charge in [0.2, 0.25) is 5.91 Å². The zero-order chi connectivity index (χ0) is 19.0. The SMILES string of the molecule is CC(=O)Nc1cc(C(=O)Nc2ccc3nnc(C4CCC4)n3c2)ccc1F. The number of hydrogen-bond donors (Lipinski definition) is 2. The van der Waals surface area contributed by atoms with Crippen LogP contribution in [0, 0.1) is 5.82 Å². The van der Waals surface area contributed by atoms with E-state index in [1.165, 1.54) is 25.5 Å². The van der Waals surface area contributed by atoms with E-state index in [1.807, 2.05) is 4.40 Å². The van der Waals surface area contributed by atoms with E-state index in [0.29, 0.717) is 11.6 Å². The third-order valence-corrected chi connectivity index (χ3v) is 4.70. The van der Waals surface area contributed by atoms with Crippen LogP contribution < -0.4 is 10.6 Å². The van der Waals surface area contributed by atoms with Crippen LogP contribution in [0.5, 0.6) is 0 Å². The highest BCUT2D eigenvalue weighted by Crippen LogP contribution is 2.35. The molecule has 2 aromatic heterocycles. The summed E-state index contributed by atoms with van der Waals surface area (Å²) in [5, 5.41) is 13.6. The van der Waals surface area contributed by atoms with Crippen molar-refractivity contribution in [2.24, 2.45) is 0 Å². The van der Waals surface area contributed by atoms with Gasteiger partial charge in [0.1, 0.15) is 11.6 Å². The quantitative estimate of drug-likeness (QED) is 0.740. The molecule has 2 heterocycles. The zero-order valence-corrected chi connectivity index (χ0v) is 14.7. The number of aromatic nitrogens is 3. The summed E-state index contributed by atoms with van der Waals surface area (Å²) in [4.78, 5) is 23.7. The molecule has 8 heteroatoms. The van der Waals surface area contributed by atoms with Crippen molar-refractivity contribution in [3.8, 4) is 0 Å². The molecule has 1 aromatic carbocycles. The zero-order valence-electron chi connectivity index (χ0n) is 14.7. The van der Waals surface area contributed by atoms with E-state index in [9.17, 15) is 14.0 Å². The second-order valence-corrected chi connectivity index (χ2v) is 6.66. The molecule has 4 rings (SSSR count). The lowest BCUT2D eigenvalue weighted by Gasteiger charge is -2.23. The van der Waals surface area contributed by atoms with Crippen LogP contribution in [-0.2, 0) is 4.79 Å². The summed E-state index contributed by atoms with van der Waals surface area (Å²) in [7, 11) is 0. The molecule has 0 unspecified atom stereocenters. The van der Waals surface area contributed by atoms with E-state index in [4.69, 9.17) is 0 Å². The molecular formula is C19H18FN5O2. The lowest BCUT2D eigenvalue weighted by atomic mass is 9.85. The van der Waals surface area contributed by atoms with Crippen LogP contribution in [0.15, 0.2) is 36.5 Å². The van der Waals surface area contributed by atoms with Gasteiger partial charge < -0.3 is 10.6 Å². The van der Waals surface area contributed by atoms with Gasteiger partial charge in [-0.3, -0.25) is 14.0 Å². The number of nitrogens with one attached hydrogen (secondary N) is 2. The van der Waals surface area contributed by atoms with Gasteiger partial charge in [-0.1, -0.05) is 6.42 Å². The standard InChI is InChI=1S/C19H18FN5O2/c1-11(26)21-16-9-13(5-7-15(16)20)19(27)22-14-6-8-17-23-24-18(25(17)10-14)12-3-2-4-12/h5-10,12H,2-4H2,1H3,(H,21,26)(H,22,27). The molecule has 0 atom stereocenters. The Kier molecular flexibility index (Phi) is 4.31. The number of hydrogen-bond acceptors (Lipinski definition) is 4. The summed E-state index contributed by atoms with van der Waals surface area (Å²) in [5.41, 5.74) is 1.52. The molecular weight excluding hydrogens is 349 g/mol. The molecule has 1 aliphatic rings. The van der Waals surface area contributed by atoms with Crippen molar-refractivity contribution in [2.75, 3.05) is 10.6 Å². The van der Waals surface area contributed by atoms with Crippen LogP contribution >= 0.6 is 0 Å². The first-order valence-electron chi connectivity index (χ1n) is 8.74. The molecule has 2 N–H and O–H groups in total. The predicted octanol–water partition coefficient (Wildman–Crippen LogP) is 3.35. The van der Waals surface area contributed by atoms with Gasteiger partial charge in [-0.15, -0.1) is 10.2 Å². The molecule has 3 aromatic rings. The van der Waals surface area contributed by atoms with Crippen LogP contribution in [0.4, 0.5) is 15.8 Å². The van der Waals surface area contributed by atoms with Gasteiger partial charge in [0.15, 0.2) is 5.65 Å². The van der Waals surface area contributed by atoms with Gasteiger partial charge in [-0.05, 0) is 43.2 Å². The molecule has 138 valence electrons. The number of halogens is 1. The molecule has 0 saturated heterocycles. The number of fused-ring (bicyclic) bond motifs is 1. The molecule has 0 spiro atoms. The fourth-order valence-electron chi connectivity index (χ4n) is 3.08. The Morgan fingerprint density at radius 3 is 2.67 bits per heavy atom. The number of amides is 2. The molecule has 0 radical (unpaired) electrons. The van der Waals surface area contributed by atoms with Crippen molar-refractivity contribution in [1.29, 1.82) is 0 Å². The number of carbonyl (C=O) groups excluding carboxylic acids is 2. The monoisotopic (exact) mass is 367 g/mol. The van der Waals surface area contributed by atoms with Crippen LogP contribution in [0.25, 0.3) is 5.65 Å². The molecule has 1 saturated carbocycles. The molecule has 27 heavy (non-hydrogen) atoms. The molecule has 0 aliphatic heterocycles. The Balaban J connectivity index is 1.58. The molecule has 7 nitrogen and oxygen atoms in total. The first kappa shape index (κ1) is 17.1. The predicted molar refractivity (Wildman–Crippen MR) is 98.2 cm³/mol. The Hall–Kier alpha value is -3.29. The van der Waals surface area contributed by atoms with Crippen molar-refractivity contribution >= 4 is 28.8 Å². The average Bonchev–Trinajstić information content (AvgIpc) is 2.98. The number of nitrogens with zero attached hydrogens (tertiary/aromatic N) is 3. The maximum atomic E-state index is 13.8. The summed E-state index contributed by atoms with van der Waals surface area (Å²) < 4.78 is 15.7. The van der Waals surface area contributed by atoms with E-state index in [1.54, 1.807) is 18.3 Å². The van der Waals surface area contributed by atoms with Gasteiger partial charge >= 0.3 is 0 Å². The normalized spacial score (nSPS) is 14.0. The van der Waals surface area contributed by atoms with Crippen molar-refractivity contribution in [1.82, 2.24) is 14.6 Å². The fourth-order valence-corrected chi connectivity index (χ4v) is 3.08. The first-order chi connectivity index (χ1) is 13.0. The van der Waals surface area contributed by atoms with Gasteiger partial charge in [0.05, 0.1) is 11.4 Å². The Bertz CT molecular complexity index is 1040. The smallest absolute Gasteiger partial charge is 0.255 e.